The second-order valence-corrected chi connectivity index (χ2v) is 7.88. The van der Waals surface area contributed by atoms with Crippen LogP contribution in [0.15, 0.2) is 24.3 Å². The zero-order chi connectivity index (χ0) is 18.5. The summed E-state index contributed by atoms with van der Waals surface area (Å²) < 4.78 is 11.3. The first kappa shape index (κ1) is 19.7. The van der Waals surface area contributed by atoms with Crippen molar-refractivity contribution < 1.29 is 14.3 Å². The molecular weight excluding hydrogens is 316 g/mol. The van der Waals surface area contributed by atoms with Crippen molar-refractivity contribution in [3.8, 4) is 0 Å². The van der Waals surface area contributed by atoms with E-state index in [4.69, 9.17) is 9.47 Å². The molecule has 0 atom stereocenters. The molecule has 25 heavy (non-hydrogen) atoms. The van der Waals surface area contributed by atoms with Gasteiger partial charge in [-0.2, -0.15) is 0 Å². The predicted molar refractivity (Wildman–Crippen MR) is 99.7 cm³/mol. The van der Waals surface area contributed by atoms with Crippen LogP contribution in [0.3, 0.4) is 0 Å². The summed E-state index contributed by atoms with van der Waals surface area (Å²) in [7, 11) is 1.76. The molecule has 1 heterocycles. The van der Waals surface area contributed by atoms with Crippen LogP contribution in [0.2, 0.25) is 0 Å². The van der Waals surface area contributed by atoms with Crippen molar-refractivity contribution in [1.29, 1.82) is 0 Å². The molecule has 0 aromatic heterocycles. The van der Waals surface area contributed by atoms with Crippen molar-refractivity contribution in [3.05, 3.63) is 35.4 Å². The second kappa shape index (κ2) is 8.19. The first-order valence-corrected chi connectivity index (χ1v) is 9.03. The van der Waals surface area contributed by atoms with E-state index in [1.165, 1.54) is 11.1 Å². The van der Waals surface area contributed by atoms with Crippen molar-refractivity contribution in [1.82, 2.24) is 10.2 Å². The first-order chi connectivity index (χ1) is 11.7. The van der Waals surface area contributed by atoms with Gasteiger partial charge in [-0.3, -0.25) is 0 Å². The number of carbonyl (C=O) groups is 1. The van der Waals surface area contributed by atoms with Crippen molar-refractivity contribution in [2.75, 3.05) is 26.7 Å². The van der Waals surface area contributed by atoms with Gasteiger partial charge in [0.1, 0.15) is 5.60 Å². The molecule has 140 valence electrons. The van der Waals surface area contributed by atoms with E-state index in [0.717, 1.165) is 25.9 Å². The lowest BCUT2D eigenvalue weighted by Gasteiger charge is -2.41. The summed E-state index contributed by atoms with van der Waals surface area (Å²) in [5.41, 5.74) is 1.92. The molecule has 0 radical (unpaired) electrons. The molecule has 1 N–H and O–H groups in total. The Bertz CT molecular complexity index is 573. The number of likely N-dealkylation sites (tertiary alicyclic amines) is 1. The Kier molecular flexibility index (Phi) is 6.47. The number of rotatable bonds is 5. The van der Waals surface area contributed by atoms with Gasteiger partial charge in [-0.1, -0.05) is 24.3 Å². The minimum atomic E-state index is -0.456. The van der Waals surface area contributed by atoms with E-state index in [-0.39, 0.29) is 11.7 Å². The SMILES string of the molecule is COC1(CNCc2ccccc2C)CCN(C(=O)OC(C)(C)C)CC1. The van der Waals surface area contributed by atoms with Crippen molar-refractivity contribution in [2.45, 2.75) is 58.3 Å². The average Bonchev–Trinajstić information content (AvgIpc) is 2.55. The fraction of sp³-hybridized carbons (Fsp3) is 0.650. The van der Waals surface area contributed by atoms with Gasteiger partial charge in [0.2, 0.25) is 0 Å². The van der Waals surface area contributed by atoms with E-state index in [2.05, 4.69) is 36.5 Å². The summed E-state index contributed by atoms with van der Waals surface area (Å²) in [5, 5.41) is 3.53. The van der Waals surface area contributed by atoms with Crippen LogP contribution >= 0.6 is 0 Å². The number of amides is 1. The molecule has 0 unspecified atom stereocenters. The molecule has 2 rings (SSSR count). The predicted octanol–water partition coefficient (Wildman–Crippen LogP) is 3.50. The van der Waals surface area contributed by atoms with Crippen LogP contribution in [0.5, 0.6) is 0 Å². The maximum Gasteiger partial charge on any atom is 0.410 e. The van der Waals surface area contributed by atoms with E-state index in [1.54, 1.807) is 12.0 Å². The molecule has 0 spiro atoms. The van der Waals surface area contributed by atoms with Crippen LogP contribution in [0, 0.1) is 6.92 Å². The van der Waals surface area contributed by atoms with Gasteiger partial charge in [0.25, 0.3) is 0 Å². The van der Waals surface area contributed by atoms with Gasteiger partial charge >= 0.3 is 6.09 Å². The van der Waals surface area contributed by atoms with Gasteiger partial charge in [-0.25, -0.2) is 4.79 Å². The average molecular weight is 348 g/mol. The zero-order valence-electron chi connectivity index (χ0n) is 16.2. The van der Waals surface area contributed by atoms with E-state index in [1.807, 2.05) is 20.8 Å². The Morgan fingerprint density at radius 2 is 1.88 bits per heavy atom. The molecule has 1 aliphatic rings. The lowest BCUT2D eigenvalue weighted by atomic mass is 9.91. The highest BCUT2D eigenvalue weighted by Gasteiger charge is 2.36. The number of carbonyl (C=O) groups excluding carboxylic acids is 1. The van der Waals surface area contributed by atoms with E-state index in [0.29, 0.717) is 13.1 Å². The molecular formula is C20H32N2O3. The summed E-state index contributed by atoms with van der Waals surface area (Å²) >= 11 is 0. The Morgan fingerprint density at radius 3 is 2.44 bits per heavy atom. The summed E-state index contributed by atoms with van der Waals surface area (Å²) in [6.45, 7) is 10.7. The van der Waals surface area contributed by atoms with E-state index < -0.39 is 5.60 Å². The van der Waals surface area contributed by atoms with Gasteiger partial charge in [0.05, 0.1) is 5.60 Å². The Balaban J connectivity index is 1.84. The van der Waals surface area contributed by atoms with Crippen LogP contribution in [-0.4, -0.2) is 48.9 Å². The third-order valence-corrected chi connectivity index (χ3v) is 4.78. The Morgan fingerprint density at radius 1 is 1.24 bits per heavy atom. The van der Waals surface area contributed by atoms with Crippen LogP contribution in [0.1, 0.15) is 44.7 Å². The number of nitrogens with one attached hydrogen (secondary N) is 1. The van der Waals surface area contributed by atoms with Crippen molar-refractivity contribution in [2.24, 2.45) is 0 Å². The quantitative estimate of drug-likeness (QED) is 0.885. The molecule has 5 nitrogen and oxygen atoms in total. The molecule has 1 aliphatic heterocycles. The largest absolute Gasteiger partial charge is 0.444 e. The highest BCUT2D eigenvalue weighted by atomic mass is 16.6. The normalized spacial score (nSPS) is 17.4. The minimum Gasteiger partial charge on any atom is -0.444 e. The number of nitrogens with zero attached hydrogens (tertiary/aromatic N) is 1. The van der Waals surface area contributed by atoms with Crippen LogP contribution in [0.4, 0.5) is 4.79 Å². The molecule has 1 amide bonds. The highest BCUT2D eigenvalue weighted by Crippen LogP contribution is 2.26. The topological polar surface area (TPSA) is 50.8 Å². The lowest BCUT2D eigenvalue weighted by molar-refractivity contribution is -0.0588. The van der Waals surface area contributed by atoms with Gasteiger partial charge in [0.15, 0.2) is 0 Å². The van der Waals surface area contributed by atoms with Crippen LogP contribution in [0.25, 0.3) is 0 Å². The summed E-state index contributed by atoms with van der Waals surface area (Å²) in [6.07, 6.45) is 1.39. The molecule has 0 saturated carbocycles. The fourth-order valence-corrected chi connectivity index (χ4v) is 3.11. The smallest absolute Gasteiger partial charge is 0.410 e. The van der Waals surface area contributed by atoms with Gasteiger partial charge in [-0.15, -0.1) is 0 Å². The molecule has 0 bridgehead atoms. The summed E-state index contributed by atoms with van der Waals surface area (Å²) in [4.78, 5) is 14.0. The third kappa shape index (κ3) is 5.72. The van der Waals surface area contributed by atoms with E-state index >= 15 is 0 Å². The molecule has 1 fully saturated rings. The number of benzene rings is 1. The Labute approximate surface area is 151 Å². The highest BCUT2D eigenvalue weighted by molar-refractivity contribution is 5.68. The van der Waals surface area contributed by atoms with Crippen molar-refractivity contribution >= 4 is 6.09 Å². The molecule has 0 aliphatic carbocycles. The van der Waals surface area contributed by atoms with Gasteiger partial charge in [0, 0.05) is 33.3 Å². The number of methoxy groups -OCH3 is 1. The molecule has 5 heteroatoms. The number of aryl methyl sites for hydroxylation is 1. The maximum atomic E-state index is 12.2. The third-order valence-electron chi connectivity index (χ3n) is 4.78. The maximum absolute atomic E-state index is 12.2. The Hall–Kier alpha value is -1.59. The standard InChI is InChI=1S/C20H32N2O3/c1-16-8-6-7-9-17(16)14-21-15-20(24-5)10-12-22(13-11-20)18(23)25-19(2,3)4/h6-9,21H,10-15H2,1-5H3. The van der Waals surface area contributed by atoms with Gasteiger partial charge < -0.3 is 19.7 Å². The number of piperidine rings is 1. The molecule has 1 aromatic rings. The summed E-state index contributed by atoms with van der Waals surface area (Å²) in [5.74, 6) is 0. The summed E-state index contributed by atoms with van der Waals surface area (Å²) in [6, 6.07) is 8.40. The number of hydrogen-bond acceptors (Lipinski definition) is 4. The number of hydrogen-bond donors (Lipinski definition) is 1. The van der Waals surface area contributed by atoms with Crippen LogP contribution < -0.4 is 5.32 Å². The monoisotopic (exact) mass is 348 g/mol. The first-order valence-electron chi connectivity index (χ1n) is 9.03. The minimum absolute atomic E-state index is 0.221. The molecule has 1 saturated heterocycles. The zero-order valence-corrected chi connectivity index (χ0v) is 16.2. The number of ether oxygens (including phenoxy) is 2. The van der Waals surface area contributed by atoms with Crippen molar-refractivity contribution in [3.63, 3.8) is 0 Å². The lowest BCUT2D eigenvalue weighted by Crippen LogP contribution is -2.53. The van der Waals surface area contributed by atoms with E-state index in [9.17, 15) is 4.79 Å². The fourth-order valence-electron chi connectivity index (χ4n) is 3.11. The van der Waals surface area contributed by atoms with Gasteiger partial charge in [-0.05, 0) is 51.7 Å². The molecule has 1 aromatic carbocycles. The second-order valence-electron chi connectivity index (χ2n) is 7.88. The van der Waals surface area contributed by atoms with Crippen LogP contribution in [-0.2, 0) is 16.0 Å².